The van der Waals surface area contributed by atoms with E-state index in [9.17, 15) is 9.90 Å². The van der Waals surface area contributed by atoms with Crippen molar-refractivity contribution < 1.29 is 14.6 Å². The van der Waals surface area contributed by atoms with Crippen molar-refractivity contribution in [3.05, 3.63) is 42.2 Å². The van der Waals surface area contributed by atoms with Crippen LogP contribution < -0.4 is 4.74 Å². The molecule has 2 aromatic rings. The highest BCUT2D eigenvalue weighted by Gasteiger charge is 2.53. The first kappa shape index (κ1) is 11.8. The van der Waals surface area contributed by atoms with E-state index in [1.54, 1.807) is 24.1 Å². The summed E-state index contributed by atoms with van der Waals surface area (Å²) in [4.78, 5) is 11.2. The van der Waals surface area contributed by atoms with E-state index in [0.717, 1.165) is 11.4 Å². The summed E-state index contributed by atoms with van der Waals surface area (Å²) in [6, 6.07) is 9.25. The summed E-state index contributed by atoms with van der Waals surface area (Å²) < 4.78 is 6.79. The number of methoxy groups -OCH3 is 1. The summed E-state index contributed by atoms with van der Waals surface area (Å²) in [5.74, 6) is -0.00666. The summed E-state index contributed by atoms with van der Waals surface area (Å²) in [6.07, 6.45) is 3.13. The second-order valence-electron chi connectivity index (χ2n) is 4.73. The van der Waals surface area contributed by atoms with Crippen molar-refractivity contribution in [3.8, 4) is 11.4 Å². The van der Waals surface area contributed by atoms with Gasteiger partial charge in [0.05, 0.1) is 18.5 Å². The smallest absolute Gasteiger partial charge is 0.315 e. The summed E-state index contributed by atoms with van der Waals surface area (Å²) in [5, 5.41) is 13.6. The van der Waals surface area contributed by atoms with Crippen LogP contribution in [0.4, 0.5) is 0 Å². The maximum Gasteiger partial charge on any atom is 0.315 e. The van der Waals surface area contributed by atoms with Crippen molar-refractivity contribution in [2.75, 3.05) is 7.11 Å². The maximum absolute atomic E-state index is 11.2. The number of rotatable bonds is 4. The Kier molecular flexibility index (Phi) is 2.55. The third kappa shape index (κ3) is 1.87. The van der Waals surface area contributed by atoms with Crippen LogP contribution in [0.5, 0.6) is 5.75 Å². The number of carboxylic acids is 1. The quantitative estimate of drug-likeness (QED) is 0.911. The summed E-state index contributed by atoms with van der Waals surface area (Å²) in [5.41, 5.74) is 0.765. The second kappa shape index (κ2) is 4.12. The Morgan fingerprint density at radius 2 is 2.00 bits per heavy atom. The Morgan fingerprint density at radius 3 is 2.53 bits per heavy atom. The van der Waals surface area contributed by atoms with Crippen LogP contribution in [0.1, 0.15) is 18.5 Å². The zero-order valence-corrected chi connectivity index (χ0v) is 10.5. The first-order valence-corrected chi connectivity index (χ1v) is 6.10. The van der Waals surface area contributed by atoms with Crippen molar-refractivity contribution in [3.63, 3.8) is 0 Å². The molecule has 1 aromatic heterocycles. The summed E-state index contributed by atoms with van der Waals surface area (Å²) in [7, 11) is 1.62. The van der Waals surface area contributed by atoms with Gasteiger partial charge in [0.25, 0.3) is 0 Å². The topological polar surface area (TPSA) is 64.3 Å². The summed E-state index contributed by atoms with van der Waals surface area (Å²) >= 11 is 0. The lowest BCUT2D eigenvalue weighted by Gasteiger charge is -2.06. The molecule has 3 rings (SSSR count). The highest BCUT2D eigenvalue weighted by atomic mass is 16.5. The van der Waals surface area contributed by atoms with Crippen LogP contribution in [0.2, 0.25) is 0 Å². The van der Waals surface area contributed by atoms with Crippen LogP contribution in [0.15, 0.2) is 36.5 Å². The van der Waals surface area contributed by atoms with E-state index in [4.69, 9.17) is 4.74 Å². The molecule has 5 nitrogen and oxygen atoms in total. The molecular formula is C14H14N2O3. The van der Waals surface area contributed by atoms with E-state index in [1.807, 2.05) is 24.3 Å². The highest BCUT2D eigenvalue weighted by Crippen LogP contribution is 2.47. The standard InChI is InChI=1S/C14H14N2O3/c1-19-11-4-2-10(3-5-11)16-9-6-12(15-16)14(7-8-14)13(17)18/h2-6,9H,7-8H2,1H3,(H,17,18). The molecule has 1 heterocycles. The van der Waals surface area contributed by atoms with E-state index in [-0.39, 0.29) is 0 Å². The number of ether oxygens (including phenoxy) is 1. The highest BCUT2D eigenvalue weighted by molar-refractivity contribution is 5.84. The van der Waals surface area contributed by atoms with Gasteiger partial charge in [0.2, 0.25) is 0 Å². The number of hydrogen-bond donors (Lipinski definition) is 1. The molecule has 1 aliphatic rings. The van der Waals surface area contributed by atoms with E-state index in [2.05, 4.69) is 5.10 Å². The Hall–Kier alpha value is -2.30. The first-order valence-electron chi connectivity index (χ1n) is 6.10. The van der Waals surface area contributed by atoms with Gasteiger partial charge in [0.15, 0.2) is 0 Å². The normalized spacial score (nSPS) is 16.1. The number of carbonyl (C=O) groups is 1. The van der Waals surface area contributed by atoms with Crippen molar-refractivity contribution in [2.45, 2.75) is 18.3 Å². The number of aromatic nitrogens is 2. The summed E-state index contributed by atoms with van der Waals surface area (Å²) in [6.45, 7) is 0. The Bertz CT molecular complexity index is 612. The molecular weight excluding hydrogens is 244 g/mol. The Morgan fingerprint density at radius 1 is 1.32 bits per heavy atom. The molecule has 0 unspecified atom stereocenters. The predicted molar refractivity (Wildman–Crippen MR) is 68.7 cm³/mol. The molecule has 1 aromatic carbocycles. The van der Waals surface area contributed by atoms with Gasteiger partial charge in [-0.2, -0.15) is 5.10 Å². The van der Waals surface area contributed by atoms with Crippen molar-refractivity contribution in [1.82, 2.24) is 9.78 Å². The number of nitrogens with zero attached hydrogens (tertiary/aromatic N) is 2. The average Bonchev–Trinajstić information content (AvgIpc) is 3.11. The first-order chi connectivity index (χ1) is 9.15. The molecule has 0 radical (unpaired) electrons. The van der Waals surface area contributed by atoms with Gasteiger partial charge in [-0.1, -0.05) is 0 Å². The average molecular weight is 258 g/mol. The third-order valence-electron chi connectivity index (χ3n) is 3.58. The minimum atomic E-state index is -0.785. The molecule has 0 atom stereocenters. The van der Waals surface area contributed by atoms with E-state index in [0.29, 0.717) is 18.5 Å². The fourth-order valence-electron chi connectivity index (χ4n) is 2.16. The van der Waals surface area contributed by atoms with E-state index >= 15 is 0 Å². The molecule has 5 heteroatoms. The zero-order chi connectivity index (χ0) is 13.5. The van der Waals surface area contributed by atoms with E-state index in [1.165, 1.54) is 0 Å². The Balaban J connectivity index is 1.90. The van der Waals surface area contributed by atoms with Crippen LogP contribution in [0.3, 0.4) is 0 Å². The fraction of sp³-hybridized carbons (Fsp3) is 0.286. The largest absolute Gasteiger partial charge is 0.497 e. The van der Waals surface area contributed by atoms with Crippen LogP contribution in [-0.4, -0.2) is 28.0 Å². The fourth-order valence-corrected chi connectivity index (χ4v) is 2.16. The van der Waals surface area contributed by atoms with Crippen molar-refractivity contribution >= 4 is 5.97 Å². The minimum absolute atomic E-state index is 0.635. The van der Waals surface area contributed by atoms with Gasteiger partial charge in [0.1, 0.15) is 11.2 Å². The second-order valence-corrected chi connectivity index (χ2v) is 4.73. The molecule has 1 fully saturated rings. The maximum atomic E-state index is 11.2. The van der Waals surface area contributed by atoms with Gasteiger partial charge in [-0.3, -0.25) is 4.79 Å². The molecule has 98 valence electrons. The van der Waals surface area contributed by atoms with Crippen molar-refractivity contribution in [2.24, 2.45) is 0 Å². The van der Waals surface area contributed by atoms with Crippen molar-refractivity contribution in [1.29, 1.82) is 0 Å². The molecule has 0 bridgehead atoms. The lowest BCUT2D eigenvalue weighted by Crippen LogP contribution is -2.20. The molecule has 0 aliphatic heterocycles. The van der Waals surface area contributed by atoms with Crippen LogP contribution in [-0.2, 0) is 10.2 Å². The van der Waals surface area contributed by atoms with Gasteiger partial charge in [-0.25, -0.2) is 4.68 Å². The van der Waals surface area contributed by atoms with Crippen LogP contribution in [0.25, 0.3) is 5.69 Å². The molecule has 0 spiro atoms. The van der Waals surface area contributed by atoms with E-state index < -0.39 is 11.4 Å². The number of benzene rings is 1. The Labute approximate surface area is 110 Å². The number of hydrogen-bond acceptors (Lipinski definition) is 3. The molecule has 19 heavy (non-hydrogen) atoms. The van der Waals surface area contributed by atoms with Gasteiger partial charge in [-0.05, 0) is 43.2 Å². The number of aliphatic carboxylic acids is 1. The van der Waals surface area contributed by atoms with Gasteiger partial charge in [0, 0.05) is 6.20 Å². The van der Waals surface area contributed by atoms with Gasteiger partial charge in [-0.15, -0.1) is 0 Å². The SMILES string of the molecule is COc1ccc(-n2ccc(C3(C(=O)O)CC3)n2)cc1. The van der Waals surface area contributed by atoms with Gasteiger partial charge < -0.3 is 9.84 Å². The molecule has 1 saturated carbocycles. The lowest BCUT2D eigenvalue weighted by atomic mass is 10.0. The third-order valence-corrected chi connectivity index (χ3v) is 3.58. The molecule has 1 N–H and O–H groups in total. The molecule has 0 amide bonds. The molecule has 0 saturated heterocycles. The number of carboxylic acid groups (broad SMARTS) is 1. The lowest BCUT2D eigenvalue weighted by molar-refractivity contribution is -0.140. The molecule has 1 aliphatic carbocycles. The van der Waals surface area contributed by atoms with Gasteiger partial charge >= 0.3 is 5.97 Å². The monoisotopic (exact) mass is 258 g/mol. The van der Waals surface area contributed by atoms with Crippen LogP contribution >= 0.6 is 0 Å². The van der Waals surface area contributed by atoms with Crippen LogP contribution in [0, 0.1) is 0 Å². The minimum Gasteiger partial charge on any atom is -0.497 e. The predicted octanol–water partition coefficient (Wildman–Crippen LogP) is 2.00. The zero-order valence-electron chi connectivity index (χ0n) is 10.5.